The molecule has 0 aliphatic carbocycles. The Kier molecular flexibility index (Phi) is 6.90. The predicted molar refractivity (Wildman–Crippen MR) is 77.1 cm³/mol. The van der Waals surface area contributed by atoms with E-state index in [4.69, 9.17) is 9.47 Å². The van der Waals surface area contributed by atoms with Gasteiger partial charge in [0.05, 0.1) is 0 Å². The molecule has 0 atom stereocenters. The average Bonchev–Trinajstić information content (AvgIpc) is 2.43. The molecule has 19 heavy (non-hydrogen) atoms. The number of carbonyl (C=O) groups is 1. The van der Waals surface area contributed by atoms with Crippen LogP contribution in [0.3, 0.4) is 0 Å². The molecule has 0 fully saturated rings. The van der Waals surface area contributed by atoms with Gasteiger partial charge in [-0.3, -0.25) is 4.79 Å². The van der Waals surface area contributed by atoms with Gasteiger partial charge < -0.3 is 9.47 Å². The molecule has 0 aromatic heterocycles. The Hall–Kier alpha value is -1.61. The minimum absolute atomic E-state index is 0.237. The molecule has 0 aliphatic rings. The normalized spacial score (nSPS) is 11.4. The summed E-state index contributed by atoms with van der Waals surface area (Å²) < 4.78 is 10.3. The highest BCUT2D eigenvalue weighted by atomic mass is 16.7. The standard InChI is InChI=1S/C16H22O3/c1-4-6-15(17)10-9-13(2)14-7-5-8-16(11-14)19-12-18-3/h5,7-9,11H,4,6,10,12H2,1-3H3/b13-9+. The minimum atomic E-state index is 0.237. The number of benzene rings is 1. The third-order valence-corrected chi connectivity index (χ3v) is 2.80. The first-order chi connectivity index (χ1) is 9.17. The Morgan fingerprint density at radius 1 is 1.37 bits per heavy atom. The summed E-state index contributed by atoms with van der Waals surface area (Å²) in [5, 5.41) is 0. The molecule has 0 aliphatic heterocycles. The number of methoxy groups -OCH3 is 1. The Morgan fingerprint density at radius 3 is 2.84 bits per heavy atom. The van der Waals surface area contributed by atoms with Gasteiger partial charge in [0.15, 0.2) is 6.79 Å². The van der Waals surface area contributed by atoms with E-state index in [1.165, 1.54) is 0 Å². The monoisotopic (exact) mass is 262 g/mol. The van der Waals surface area contributed by atoms with Crippen LogP contribution in [0.1, 0.15) is 38.7 Å². The summed E-state index contributed by atoms with van der Waals surface area (Å²) >= 11 is 0. The van der Waals surface area contributed by atoms with Crippen molar-refractivity contribution in [1.29, 1.82) is 0 Å². The summed E-state index contributed by atoms with van der Waals surface area (Å²) in [4.78, 5) is 11.5. The smallest absolute Gasteiger partial charge is 0.188 e. The maximum Gasteiger partial charge on any atom is 0.188 e. The molecule has 3 nitrogen and oxygen atoms in total. The van der Waals surface area contributed by atoms with E-state index in [0.29, 0.717) is 12.8 Å². The lowest BCUT2D eigenvalue weighted by Gasteiger charge is -2.07. The third kappa shape index (κ3) is 5.71. The SMILES string of the molecule is CCCC(=O)C/C=C(\C)c1cccc(OCOC)c1. The molecule has 3 heteroatoms. The summed E-state index contributed by atoms with van der Waals surface area (Å²) in [6, 6.07) is 7.79. The van der Waals surface area contributed by atoms with Gasteiger partial charge in [0.2, 0.25) is 0 Å². The van der Waals surface area contributed by atoms with Crippen molar-refractivity contribution < 1.29 is 14.3 Å². The Labute approximate surface area is 115 Å². The van der Waals surface area contributed by atoms with Crippen LogP contribution in [0, 0.1) is 0 Å². The van der Waals surface area contributed by atoms with Gasteiger partial charge >= 0.3 is 0 Å². The Bertz CT molecular complexity index is 435. The maximum absolute atomic E-state index is 11.5. The summed E-state index contributed by atoms with van der Waals surface area (Å²) in [6.07, 6.45) is 4.04. The molecule has 1 aromatic carbocycles. The van der Waals surface area contributed by atoms with Gasteiger partial charge in [0.1, 0.15) is 11.5 Å². The van der Waals surface area contributed by atoms with Crippen LogP contribution in [0.5, 0.6) is 5.75 Å². The molecule has 0 spiro atoms. The van der Waals surface area contributed by atoms with Crippen LogP contribution in [0.25, 0.3) is 5.57 Å². The van der Waals surface area contributed by atoms with Crippen LogP contribution < -0.4 is 4.74 Å². The van der Waals surface area contributed by atoms with Crippen LogP contribution in [-0.4, -0.2) is 19.7 Å². The Morgan fingerprint density at radius 2 is 2.16 bits per heavy atom. The second-order valence-corrected chi connectivity index (χ2v) is 4.46. The summed E-state index contributed by atoms with van der Waals surface area (Å²) in [5.41, 5.74) is 2.16. The highest BCUT2D eigenvalue weighted by Gasteiger charge is 2.01. The molecular weight excluding hydrogens is 240 g/mol. The number of ketones is 1. The zero-order valence-corrected chi connectivity index (χ0v) is 11.9. The Balaban J connectivity index is 2.67. The molecule has 104 valence electrons. The number of carbonyl (C=O) groups excluding carboxylic acids is 1. The molecule has 1 rings (SSSR count). The van der Waals surface area contributed by atoms with Gasteiger partial charge in [-0.2, -0.15) is 0 Å². The van der Waals surface area contributed by atoms with E-state index in [-0.39, 0.29) is 12.6 Å². The first kappa shape index (κ1) is 15.4. The van der Waals surface area contributed by atoms with Crippen LogP contribution in [0.15, 0.2) is 30.3 Å². The second kappa shape index (κ2) is 8.48. The summed E-state index contributed by atoms with van der Waals surface area (Å²) in [6.45, 7) is 4.26. The molecule has 0 saturated heterocycles. The summed E-state index contributed by atoms with van der Waals surface area (Å²) in [7, 11) is 1.59. The number of hydrogen-bond donors (Lipinski definition) is 0. The van der Waals surface area contributed by atoms with Gasteiger partial charge in [-0.05, 0) is 36.6 Å². The molecule has 0 heterocycles. The van der Waals surface area contributed by atoms with E-state index in [2.05, 4.69) is 0 Å². The van der Waals surface area contributed by atoms with E-state index in [0.717, 1.165) is 23.3 Å². The van der Waals surface area contributed by atoms with Crippen LogP contribution in [0.4, 0.5) is 0 Å². The van der Waals surface area contributed by atoms with Crippen molar-refractivity contribution in [3.63, 3.8) is 0 Å². The van der Waals surface area contributed by atoms with E-state index in [1.807, 2.05) is 44.2 Å². The number of allylic oxidation sites excluding steroid dienone is 2. The summed E-state index contributed by atoms with van der Waals surface area (Å²) in [5.74, 6) is 1.06. The fraction of sp³-hybridized carbons (Fsp3) is 0.438. The molecule has 0 unspecified atom stereocenters. The van der Waals surface area contributed by atoms with Gasteiger partial charge in [0, 0.05) is 20.0 Å². The zero-order valence-electron chi connectivity index (χ0n) is 11.9. The predicted octanol–water partition coefficient (Wildman–Crippen LogP) is 3.83. The van der Waals surface area contributed by atoms with Crippen molar-refractivity contribution in [2.45, 2.75) is 33.1 Å². The van der Waals surface area contributed by atoms with E-state index in [9.17, 15) is 4.79 Å². The van der Waals surface area contributed by atoms with Crippen LogP contribution in [0.2, 0.25) is 0 Å². The minimum Gasteiger partial charge on any atom is -0.468 e. The quantitative estimate of drug-likeness (QED) is 0.668. The van der Waals surface area contributed by atoms with Gasteiger partial charge in [-0.1, -0.05) is 25.1 Å². The van der Waals surface area contributed by atoms with E-state index in [1.54, 1.807) is 7.11 Å². The first-order valence-electron chi connectivity index (χ1n) is 6.58. The lowest BCUT2D eigenvalue weighted by atomic mass is 10.0. The molecule has 1 aromatic rings. The first-order valence-corrected chi connectivity index (χ1v) is 6.58. The number of rotatable bonds is 8. The van der Waals surface area contributed by atoms with Crippen molar-refractivity contribution in [3.05, 3.63) is 35.9 Å². The van der Waals surface area contributed by atoms with Gasteiger partial charge in [0.25, 0.3) is 0 Å². The molecular formula is C16H22O3. The molecule has 0 amide bonds. The molecule has 0 saturated carbocycles. The fourth-order valence-electron chi connectivity index (χ4n) is 1.72. The lowest BCUT2D eigenvalue weighted by Crippen LogP contribution is -1.99. The van der Waals surface area contributed by atoms with Crippen molar-refractivity contribution in [3.8, 4) is 5.75 Å². The molecule has 0 N–H and O–H groups in total. The van der Waals surface area contributed by atoms with Crippen molar-refractivity contribution in [1.82, 2.24) is 0 Å². The highest BCUT2D eigenvalue weighted by molar-refractivity contribution is 5.81. The topological polar surface area (TPSA) is 35.5 Å². The van der Waals surface area contributed by atoms with Crippen molar-refractivity contribution in [2.75, 3.05) is 13.9 Å². The van der Waals surface area contributed by atoms with Gasteiger partial charge in [-0.15, -0.1) is 0 Å². The highest BCUT2D eigenvalue weighted by Crippen LogP contribution is 2.20. The molecule has 0 radical (unpaired) electrons. The zero-order chi connectivity index (χ0) is 14.1. The maximum atomic E-state index is 11.5. The largest absolute Gasteiger partial charge is 0.468 e. The van der Waals surface area contributed by atoms with Gasteiger partial charge in [-0.25, -0.2) is 0 Å². The number of ether oxygens (including phenoxy) is 2. The third-order valence-electron chi connectivity index (χ3n) is 2.80. The lowest BCUT2D eigenvalue weighted by molar-refractivity contribution is -0.118. The van der Waals surface area contributed by atoms with E-state index >= 15 is 0 Å². The van der Waals surface area contributed by atoms with Crippen molar-refractivity contribution in [2.24, 2.45) is 0 Å². The van der Waals surface area contributed by atoms with Crippen molar-refractivity contribution >= 4 is 11.4 Å². The number of Topliss-reactive ketones (excluding diaryl/α,β-unsaturated/α-hetero) is 1. The van der Waals surface area contributed by atoms with E-state index < -0.39 is 0 Å². The van der Waals surface area contributed by atoms with Crippen LogP contribution in [-0.2, 0) is 9.53 Å². The fourth-order valence-corrected chi connectivity index (χ4v) is 1.72. The molecule has 0 bridgehead atoms. The van der Waals surface area contributed by atoms with Crippen LogP contribution >= 0.6 is 0 Å². The average molecular weight is 262 g/mol. The number of hydrogen-bond acceptors (Lipinski definition) is 3. The second-order valence-electron chi connectivity index (χ2n) is 4.46.